The predicted molar refractivity (Wildman–Crippen MR) is 94.7 cm³/mol. The molecule has 0 bridgehead atoms. The van der Waals surface area contributed by atoms with Crippen LogP contribution in [0.25, 0.3) is 0 Å². The Kier molecular flexibility index (Phi) is 3.52. The third-order valence-corrected chi connectivity index (χ3v) is 6.41. The lowest BCUT2D eigenvalue weighted by Crippen LogP contribution is -2.24. The molecule has 1 aromatic rings. The molecule has 0 saturated heterocycles. The molecule has 24 heavy (non-hydrogen) atoms. The topological polar surface area (TPSA) is 38.3 Å². The van der Waals surface area contributed by atoms with Gasteiger partial charge in [-0.3, -0.25) is 4.79 Å². The molecule has 0 heterocycles. The lowest BCUT2D eigenvalue weighted by Gasteiger charge is -2.23. The summed E-state index contributed by atoms with van der Waals surface area (Å²) < 4.78 is 5.27. The number of fused-ring (bicyclic) bond motifs is 1. The van der Waals surface area contributed by atoms with E-state index in [2.05, 4.69) is 38.2 Å². The van der Waals surface area contributed by atoms with Gasteiger partial charge in [0.25, 0.3) is 0 Å². The van der Waals surface area contributed by atoms with E-state index in [9.17, 15) is 4.79 Å². The molecule has 3 nitrogen and oxygen atoms in total. The highest BCUT2D eigenvalue weighted by atomic mass is 16.5. The zero-order valence-corrected chi connectivity index (χ0v) is 15.1. The van der Waals surface area contributed by atoms with Crippen molar-refractivity contribution in [2.24, 2.45) is 23.2 Å². The molecule has 0 amide bonds. The van der Waals surface area contributed by atoms with E-state index in [1.165, 1.54) is 18.4 Å². The first-order chi connectivity index (χ1) is 11.4. The highest BCUT2D eigenvalue weighted by molar-refractivity contribution is 6.01. The number of methoxy groups -OCH3 is 1. The van der Waals surface area contributed by atoms with Crippen molar-refractivity contribution in [2.45, 2.75) is 46.1 Å². The van der Waals surface area contributed by atoms with E-state index in [0.717, 1.165) is 23.4 Å². The molecule has 1 aromatic carbocycles. The van der Waals surface area contributed by atoms with Gasteiger partial charge in [-0.05, 0) is 60.6 Å². The number of hydrogen-bond donors (Lipinski definition) is 1. The van der Waals surface area contributed by atoms with Crippen LogP contribution in [0, 0.1) is 23.2 Å². The summed E-state index contributed by atoms with van der Waals surface area (Å²) in [5.41, 5.74) is 3.77. The summed E-state index contributed by atoms with van der Waals surface area (Å²) in [5, 5.41) is 3.72. The zero-order chi connectivity index (χ0) is 17.1. The summed E-state index contributed by atoms with van der Waals surface area (Å²) in [4.78, 5) is 12.4. The summed E-state index contributed by atoms with van der Waals surface area (Å²) >= 11 is 0. The maximum Gasteiger partial charge on any atom is 0.161 e. The quantitative estimate of drug-likeness (QED) is 0.822. The maximum atomic E-state index is 12.4. The number of carbonyl (C=O) groups excluding carboxylic acids is 1. The van der Waals surface area contributed by atoms with Crippen molar-refractivity contribution in [3.63, 3.8) is 0 Å². The van der Waals surface area contributed by atoms with Crippen LogP contribution in [0.5, 0.6) is 5.75 Å². The van der Waals surface area contributed by atoms with Crippen molar-refractivity contribution in [1.82, 2.24) is 5.32 Å². The Morgan fingerprint density at radius 2 is 1.92 bits per heavy atom. The molecule has 0 aromatic heterocycles. The number of benzene rings is 1. The number of carbonyl (C=O) groups is 1. The largest absolute Gasteiger partial charge is 0.497 e. The van der Waals surface area contributed by atoms with Crippen LogP contribution in [0.2, 0.25) is 0 Å². The number of hydrogen-bond acceptors (Lipinski definition) is 3. The van der Waals surface area contributed by atoms with Gasteiger partial charge in [-0.1, -0.05) is 26.0 Å². The summed E-state index contributed by atoms with van der Waals surface area (Å²) in [6.07, 6.45) is 3.26. The van der Waals surface area contributed by atoms with Crippen LogP contribution in [-0.2, 0) is 4.79 Å². The normalized spacial score (nSPS) is 30.6. The van der Waals surface area contributed by atoms with Gasteiger partial charge in [0.1, 0.15) is 5.75 Å². The van der Waals surface area contributed by atoms with E-state index in [1.807, 2.05) is 12.1 Å². The Labute approximate surface area is 144 Å². The molecular formula is C21H27NO2. The molecule has 3 aliphatic carbocycles. The van der Waals surface area contributed by atoms with E-state index in [4.69, 9.17) is 4.74 Å². The van der Waals surface area contributed by atoms with Gasteiger partial charge in [0, 0.05) is 17.7 Å². The molecule has 3 atom stereocenters. The lowest BCUT2D eigenvalue weighted by atomic mass is 9.94. The van der Waals surface area contributed by atoms with Gasteiger partial charge < -0.3 is 10.1 Å². The van der Waals surface area contributed by atoms with Gasteiger partial charge in [-0.15, -0.1) is 0 Å². The molecule has 1 N–H and O–H groups in total. The van der Waals surface area contributed by atoms with Crippen molar-refractivity contribution >= 4 is 5.78 Å². The first-order valence-corrected chi connectivity index (χ1v) is 9.08. The minimum atomic E-state index is 0.303. The number of ether oxygens (including phenoxy) is 1. The predicted octanol–water partition coefficient (Wildman–Crippen LogP) is 4.25. The van der Waals surface area contributed by atoms with Crippen molar-refractivity contribution in [2.75, 3.05) is 7.11 Å². The fourth-order valence-corrected chi connectivity index (χ4v) is 4.65. The molecule has 3 heteroatoms. The molecule has 4 rings (SSSR count). The molecule has 1 unspecified atom stereocenters. The summed E-state index contributed by atoms with van der Waals surface area (Å²) in [6.45, 7) is 6.69. The van der Waals surface area contributed by atoms with Gasteiger partial charge in [0.05, 0.1) is 13.2 Å². The minimum Gasteiger partial charge on any atom is -0.497 e. The average Bonchev–Trinajstić information content (AvgIpc) is 3.44. The van der Waals surface area contributed by atoms with E-state index in [-0.39, 0.29) is 0 Å². The number of ketones is 1. The van der Waals surface area contributed by atoms with Gasteiger partial charge in [0.2, 0.25) is 0 Å². The van der Waals surface area contributed by atoms with Crippen LogP contribution in [0.4, 0.5) is 0 Å². The molecule has 3 fully saturated rings. The molecule has 0 spiro atoms. The van der Waals surface area contributed by atoms with Crippen LogP contribution in [-0.4, -0.2) is 12.9 Å². The smallest absolute Gasteiger partial charge is 0.161 e. The van der Waals surface area contributed by atoms with Gasteiger partial charge >= 0.3 is 0 Å². The van der Waals surface area contributed by atoms with Crippen LogP contribution >= 0.6 is 0 Å². The third-order valence-electron chi connectivity index (χ3n) is 6.41. The van der Waals surface area contributed by atoms with E-state index in [0.29, 0.717) is 35.0 Å². The fourth-order valence-electron chi connectivity index (χ4n) is 4.65. The third kappa shape index (κ3) is 2.45. The molecular weight excluding hydrogens is 298 g/mol. The Morgan fingerprint density at radius 3 is 2.46 bits per heavy atom. The van der Waals surface area contributed by atoms with Crippen molar-refractivity contribution < 1.29 is 9.53 Å². The number of allylic oxidation sites excluding steroid dienone is 2. The lowest BCUT2D eigenvalue weighted by molar-refractivity contribution is -0.115. The Bertz CT molecular complexity index is 697. The van der Waals surface area contributed by atoms with Gasteiger partial charge in [-0.2, -0.15) is 0 Å². The summed E-state index contributed by atoms with van der Waals surface area (Å²) in [7, 11) is 1.69. The molecule has 0 aliphatic heterocycles. The van der Waals surface area contributed by atoms with E-state index in [1.54, 1.807) is 7.11 Å². The first-order valence-electron chi connectivity index (χ1n) is 9.08. The van der Waals surface area contributed by atoms with E-state index < -0.39 is 0 Å². The zero-order valence-electron chi connectivity index (χ0n) is 15.1. The molecule has 0 radical (unpaired) electrons. The highest BCUT2D eigenvalue weighted by Gasteiger charge is 2.65. The molecule has 128 valence electrons. The monoisotopic (exact) mass is 325 g/mol. The maximum absolute atomic E-state index is 12.4. The molecule has 3 saturated carbocycles. The van der Waals surface area contributed by atoms with E-state index >= 15 is 0 Å². The first kappa shape index (κ1) is 15.7. The number of rotatable bonds is 5. The number of nitrogens with one attached hydrogen (secondary N) is 1. The van der Waals surface area contributed by atoms with Crippen LogP contribution in [0.3, 0.4) is 0 Å². The van der Waals surface area contributed by atoms with Crippen LogP contribution in [0.15, 0.2) is 35.5 Å². The Balaban J connectivity index is 1.59. The highest BCUT2D eigenvalue weighted by Crippen LogP contribution is 2.68. The summed E-state index contributed by atoms with van der Waals surface area (Å²) in [5.74, 6) is 2.95. The van der Waals surface area contributed by atoms with Gasteiger partial charge in [-0.25, -0.2) is 0 Å². The SMILES string of the molecule is COc1ccc(C(N/C(C)=C2/C(=O)C[C@H]3[C@@H]2C3(C)C)C2CC2)cc1. The minimum absolute atomic E-state index is 0.303. The van der Waals surface area contributed by atoms with Gasteiger partial charge in [0.15, 0.2) is 5.78 Å². The Hall–Kier alpha value is -1.77. The second-order valence-electron chi connectivity index (χ2n) is 8.30. The van der Waals surface area contributed by atoms with Crippen molar-refractivity contribution in [3.8, 4) is 5.75 Å². The standard InChI is InChI=1S/C21H27NO2/c1-12(18-17(23)11-16-19(18)21(16,2)3)22-20(13-5-6-13)14-7-9-15(24-4)10-8-14/h7-10,13,16,19-20,22H,5-6,11H2,1-4H3/b18-12-/t16-,19-,20?/m0/s1. The Morgan fingerprint density at radius 1 is 1.25 bits per heavy atom. The second-order valence-corrected chi connectivity index (χ2v) is 8.30. The van der Waals surface area contributed by atoms with Crippen molar-refractivity contribution in [3.05, 3.63) is 41.1 Å². The van der Waals surface area contributed by atoms with Crippen LogP contribution in [0.1, 0.15) is 51.6 Å². The number of Topliss-reactive ketones (excluding diaryl/α,β-unsaturated/α-hetero) is 1. The second kappa shape index (κ2) is 5.37. The summed E-state index contributed by atoms with van der Waals surface area (Å²) in [6, 6.07) is 8.64. The van der Waals surface area contributed by atoms with Crippen molar-refractivity contribution in [1.29, 1.82) is 0 Å². The van der Waals surface area contributed by atoms with Crippen LogP contribution < -0.4 is 10.1 Å². The molecule has 3 aliphatic rings. The average molecular weight is 325 g/mol. The fraction of sp³-hybridized carbons (Fsp3) is 0.571.